The highest BCUT2D eigenvalue weighted by Gasteiger charge is 2.28. The average Bonchev–Trinajstić information content (AvgIpc) is 2.76. The number of rotatable bonds is 1. The van der Waals surface area contributed by atoms with Crippen LogP contribution in [-0.2, 0) is 13.0 Å². The van der Waals surface area contributed by atoms with Crippen molar-refractivity contribution in [2.24, 2.45) is 11.8 Å². The van der Waals surface area contributed by atoms with Gasteiger partial charge in [0.25, 0.3) is 0 Å². The first-order chi connectivity index (χ1) is 8.25. The predicted molar refractivity (Wildman–Crippen MR) is 68.9 cm³/mol. The van der Waals surface area contributed by atoms with Crippen LogP contribution < -0.4 is 5.32 Å². The van der Waals surface area contributed by atoms with Gasteiger partial charge in [-0.3, -0.25) is 0 Å². The lowest BCUT2D eigenvalue weighted by atomic mass is 9.79. The third-order valence-electron chi connectivity index (χ3n) is 4.78. The van der Waals surface area contributed by atoms with Crippen LogP contribution in [0.25, 0.3) is 0 Å². The molecule has 3 atom stereocenters. The van der Waals surface area contributed by atoms with Gasteiger partial charge in [0.05, 0.1) is 12.0 Å². The van der Waals surface area contributed by atoms with Crippen LogP contribution in [0.1, 0.15) is 50.5 Å². The van der Waals surface area contributed by atoms with Crippen LogP contribution in [0.15, 0.2) is 6.33 Å². The minimum Gasteiger partial charge on any atom is -0.331 e. The molecule has 3 unspecified atom stereocenters. The largest absolute Gasteiger partial charge is 0.331 e. The zero-order chi connectivity index (χ0) is 11.8. The highest BCUT2D eigenvalue weighted by molar-refractivity contribution is 5.17. The van der Waals surface area contributed by atoms with E-state index in [9.17, 15) is 0 Å². The minimum atomic E-state index is 0.704. The van der Waals surface area contributed by atoms with Gasteiger partial charge in [0.15, 0.2) is 0 Å². The molecule has 1 aliphatic carbocycles. The molecule has 3 nitrogen and oxygen atoms in total. The van der Waals surface area contributed by atoms with Crippen LogP contribution in [0.5, 0.6) is 0 Å². The molecule has 2 heterocycles. The van der Waals surface area contributed by atoms with Crippen molar-refractivity contribution in [1.82, 2.24) is 14.9 Å². The molecule has 17 heavy (non-hydrogen) atoms. The maximum absolute atomic E-state index is 4.58. The summed E-state index contributed by atoms with van der Waals surface area (Å²) in [5, 5.41) is 3.40. The molecule has 0 saturated heterocycles. The molecule has 1 saturated carbocycles. The minimum absolute atomic E-state index is 0.704. The third-order valence-corrected chi connectivity index (χ3v) is 4.78. The number of imidazole rings is 1. The van der Waals surface area contributed by atoms with Gasteiger partial charge in [0.2, 0.25) is 0 Å². The fraction of sp³-hybridized carbons (Fsp3) is 0.786. The molecular formula is C14H23N3. The summed E-state index contributed by atoms with van der Waals surface area (Å²) in [5.74, 6) is 1.75. The van der Waals surface area contributed by atoms with Crippen molar-refractivity contribution in [3.05, 3.63) is 17.7 Å². The van der Waals surface area contributed by atoms with Gasteiger partial charge in [-0.2, -0.15) is 0 Å². The lowest BCUT2D eigenvalue weighted by Gasteiger charge is -2.34. The Morgan fingerprint density at radius 2 is 2.18 bits per heavy atom. The van der Waals surface area contributed by atoms with E-state index in [0.717, 1.165) is 31.3 Å². The van der Waals surface area contributed by atoms with Crippen LogP contribution in [0.4, 0.5) is 0 Å². The van der Waals surface area contributed by atoms with E-state index in [1.54, 1.807) is 0 Å². The van der Waals surface area contributed by atoms with Gasteiger partial charge < -0.3 is 9.88 Å². The predicted octanol–water partition coefficient (Wildman–Crippen LogP) is 2.53. The van der Waals surface area contributed by atoms with E-state index in [0.29, 0.717) is 6.04 Å². The zero-order valence-corrected chi connectivity index (χ0v) is 10.9. The summed E-state index contributed by atoms with van der Waals surface area (Å²) in [5.41, 5.74) is 2.78. The van der Waals surface area contributed by atoms with Gasteiger partial charge in [0, 0.05) is 31.2 Å². The monoisotopic (exact) mass is 233 g/mol. The lowest BCUT2D eigenvalue weighted by molar-refractivity contribution is 0.208. The van der Waals surface area contributed by atoms with Crippen LogP contribution in [-0.4, -0.2) is 16.1 Å². The smallest absolute Gasteiger partial charge is 0.0954 e. The summed E-state index contributed by atoms with van der Waals surface area (Å²) in [6.07, 6.45) is 7.27. The Balaban J connectivity index is 1.82. The standard InChI is InChI=1S/C14H23N3/c1-10-3-4-12(7-11(10)2)17-9-16-13-8-15-6-5-14(13)17/h9-12,15H,3-8H2,1-2H3. The molecule has 0 radical (unpaired) electrons. The van der Waals surface area contributed by atoms with Crippen LogP contribution in [0.3, 0.4) is 0 Å². The van der Waals surface area contributed by atoms with E-state index < -0.39 is 0 Å². The Bertz CT molecular complexity index is 396. The number of nitrogens with zero attached hydrogens (tertiary/aromatic N) is 2. The molecule has 0 bridgehead atoms. The molecule has 3 heteroatoms. The van der Waals surface area contributed by atoms with Crippen molar-refractivity contribution in [1.29, 1.82) is 0 Å². The summed E-state index contributed by atoms with van der Waals surface area (Å²) in [6.45, 7) is 6.87. The molecule has 0 amide bonds. The van der Waals surface area contributed by atoms with Gasteiger partial charge in [-0.05, 0) is 31.1 Å². The number of nitrogens with one attached hydrogen (secondary N) is 1. The summed E-state index contributed by atoms with van der Waals surface area (Å²) in [4.78, 5) is 4.58. The number of aromatic nitrogens is 2. The second kappa shape index (κ2) is 4.45. The highest BCUT2D eigenvalue weighted by Crippen LogP contribution is 2.37. The number of fused-ring (bicyclic) bond motifs is 1. The molecule has 94 valence electrons. The first-order valence-electron chi connectivity index (χ1n) is 7.01. The molecule has 1 N–H and O–H groups in total. The van der Waals surface area contributed by atoms with Gasteiger partial charge in [-0.15, -0.1) is 0 Å². The molecule has 1 aromatic heterocycles. The Morgan fingerprint density at radius 3 is 3.00 bits per heavy atom. The van der Waals surface area contributed by atoms with Crippen molar-refractivity contribution < 1.29 is 0 Å². The lowest BCUT2D eigenvalue weighted by Crippen LogP contribution is -2.28. The zero-order valence-electron chi connectivity index (χ0n) is 10.9. The summed E-state index contributed by atoms with van der Waals surface area (Å²) in [6, 6.07) is 0.704. The van der Waals surface area contributed by atoms with E-state index in [-0.39, 0.29) is 0 Å². The fourth-order valence-electron chi connectivity index (χ4n) is 3.35. The quantitative estimate of drug-likeness (QED) is 0.808. The first kappa shape index (κ1) is 11.3. The van der Waals surface area contributed by atoms with Crippen molar-refractivity contribution in [2.75, 3.05) is 6.54 Å². The van der Waals surface area contributed by atoms with E-state index in [4.69, 9.17) is 0 Å². The second-order valence-corrected chi connectivity index (χ2v) is 5.89. The molecule has 1 aliphatic heterocycles. The molecule has 3 rings (SSSR count). The maximum atomic E-state index is 4.58. The highest BCUT2D eigenvalue weighted by atomic mass is 15.1. The van der Waals surface area contributed by atoms with E-state index >= 15 is 0 Å². The molecule has 0 spiro atoms. The Kier molecular flexibility index (Phi) is 2.95. The van der Waals surface area contributed by atoms with Gasteiger partial charge in [0.1, 0.15) is 0 Å². The maximum Gasteiger partial charge on any atom is 0.0954 e. The Morgan fingerprint density at radius 1 is 1.29 bits per heavy atom. The average molecular weight is 233 g/mol. The first-order valence-corrected chi connectivity index (χ1v) is 7.01. The van der Waals surface area contributed by atoms with Gasteiger partial charge in [-0.1, -0.05) is 13.8 Å². The van der Waals surface area contributed by atoms with Gasteiger partial charge in [-0.25, -0.2) is 4.98 Å². The molecule has 1 aromatic rings. The number of hydrogen-bond donors (Lipinski definition) is 1. The van der Waals surface area contributed by atoms with E-state index in [1.165, 1.54) is 30.7 Å². The second-order valence-electron chi connectivity index (χ2n) is 5.89. The van der Waals surface area contributed by atoms with E-state index in [1.807, 2.05) is 0 Å². The van der Waals surface area contributed by atoms with Crippen molar-refractivity contribution >= 4 is 0 Å². The van der Waals surface area contributed by atoms with Crippen molar-refractivity contribution in [3.63, 3.8) is 0 Å². The SMILES string of the molecule is CC1CCC(n2cnc3c2CCNC3)CC1C. The summed E-state index contributed by atoms with van der Waals surface area (Å²) >= 11 is 0. The summed E-state index contributed by atoms with van der Waals surface area (Å²) in [7, 11) is 0. The topological polar surface area (TPSA) is 29.9 Å². The molecule has 1 fully saturated rings. The molecular weight excluding hydrogens is 210 g/mol. The van der Waals surface area contributed by atoms with Crippen molar-refractivity contribution in [2.45, 2.75) is 52.1 Å². The fourth-order valence-corrected chi connectivity index (χ4v) is 3.35. The Hall–Kier alpha value is -0.830. The molecule has 2 aliphatic rings. The summed E-state index contributed by atoms with van der Waals surface area (Å²) < 4.78 is 2.48. The van der Waals surface area contributed by atoms with Gasteiger partial charge >= 0.3 is 0 Å². The van der Waals surface area contributed by atoms with Crippen LogP contribution >= 0.6 is 0 Å². The normalized spacial score (nSPS) is 33.4. The van der Waals surface area contributed by atoms with E-state index in [2.05, 4.69) is 35.0 Å². The molecule has 0 aromatic carbocycles. The van der Waals surface area contributed by atoms with Crippen LogP contribution in [0.2, 0.25) is 0 Å². The van der Waals surface area contributed by atoms with Crippen molar-refractivity contribution in [3.8, 4) is 0 Å². The third kappa shape index (κ3) is 2.01. The Labute approximate surface area is 104 Å². The number of hydrogen-bond acceptors (Lipinski definition) is 2. The van der Waals surface area contributed by atoms with Crippen LogP contribution in [0, 0.1) is 11.8 Å².